The van der Waals surface area contributed by atoms with E-state index >= 15 is 0 Å². The summed E-state index contributed by atoms with van der Waals surface area (Å²) in [6.45, 7) is 0. The number of furan rings is 1. The van der Waals surface area contributed by atoms with E-state index in [-0.39, 0.29) is 0 Å². The van der Waals surface area contributed by atoms with Crippen LogP contribution in [0.25, 0.3) is 121 Å². The highest BCUT2D eigenvalue weighted by molar-refractivity contribution is 6.26. The summed E-state index contributed by atoms with van der Waals surface area (Å²) in [5.41, 5.74) is 13.2. The zero-order valence-electron chi connectivity index (χ0n) is 31.7. The zero-order chi connectivity index (χ0) is 38.6. The van der Waals surface area contributed by atoms with E-state index in [1.54, 1.807) is 0 Å². The van der Waals surface area contributed by atoms with Crippen LogP contribution in [0.2, 0.25) is 0 Å². The fraction of sp³-hybridized carbons (Fsp3) is 0. The number of rotatable bonds is 4. The van der Waals surface area contributed by atoms with Gasteiger partial charge in [0.15, 0.2) is 0 Å². The number of pyridine rings is 2. The lowest BCUT2D eigenvalue weighted by atomic mass is 9.96. The number of para-hydroxylation sites is 5. The largest absolute Gasteiger partial charge is 0.455 e. The van der Waals surface area contributed by atoms with Crippen LogP contribution in [0.15, 0.2) is 199 Å². The minimum atomic E-state index is 0.845. The van der Waals surface area contributed by atoms with Crippen LogP contribution in [0.4, 0.5) is 0 Å². The highest BCUT2D eigenvalue weighted by Crippen LogP contribution is 2.44. The third-order valence-electron chi connectivity index (χ3n) is 12.1. The average Bonchev–Trinajstić information content (AvgIpc) is 3.97. The Labute approximate surface area is 337 Å². The lowest BCUT2D eigenvalue weighted by Gasteiger charge is -2.17. The lowest BCUT2D eigenvalue weighted by molar-refractivity contribution is 0.673. The van der Waals surface area contributed by atoms with Crippen LogP contribution in [0.5, 0.6) is 0 Å². The number of hydrogen-bond acceptors (Lipinski definition) is 3. The molecule has 0 N–H and O–H groups in total. The Morgan fingerprint density at radius 1 is 0.390 bits per heavy atom. The number of aromatic nitrogens is 4. The van der Waals surface area contributed by atoms with Crippen molar-refractivity contribution < 1.29 is 4.42 Å². The first kappa shape index (κ1) is 32.1. The van der Waals surface area contributed by atoms with Crippen molar-refractivity contribution in [1.29, 1.82) is 0 Å². The molecule has 0 atom stereocenters. The van der Waals surface area contributed by atoms with Crippen LogP contribution in [0.1, 0.15) is 0 Å². The van der Waals surface area contributed by atoms with Gasteiger partial charge < -0.3 is 13.6 Å². The Bertz CT molecular complexity index is 3610. The Kier molecular flexibility index (Phi) is 6.66. The second-order valence-corrected chi connectivity index (χ2v) is 15.4. The van der Waals surface area contributed by atoms with Gasteiger partial charge in [0.25, 0.3) is 0 Å². The molecule has 0 aliphatic heterocycles. The SMILES string of the molecule is c1ccc(-c2nc3c(-c4cc(-n5c6ccccc6c6ccccc65)cc(-n5c6ccccc6c6ccccc65)c4)cncc3c3c2ccc2c4ccccc4oc23)cc1. The van der Waals surface area contributed by atoms with Gasteiger partial charge >= 0.3 is 0 Å². The molecule has 5 aromatic heterocycles. The molecule has 5 heteroatoms. The summed E-state index contributed by atoms with van der Waals surface area (Å²) in [5, 5.41) is 10.0. The van der Waals surface area contributed by atoms with Crippen LogP contribution >= 0.6 is 0 Å². The van der Waals surface area contributed by atoms with Crippen LogP contribution in [0, 0.1) is 0 Å². The monoisotopic (exact) mass is 752 g/mol. The Hall–Kier alpha value is -8.02. The van der Waals surface area contributed by atoms with Crippen molar-refractivity contribution in [3.05, 3.63) is 194 Å². The Balaban J connectivity index is 1.18. The molecule has 0 aliphatic carbocycles. The van der Waals surface area contributed by atoms with Crippen molar-refractivity contribution >= 4 is 87.2 Å². The summed E-state index contributed by atoms with van der Waals surface area (Å²) in [5.74, 6) is 0. The molecule has 5 nitrogen and oxygen atoms in total. The normalized spacial score (nSPS) is 12.1. The number of nitrogens with zero attached hydrogens (tertiary/aromatic N) is 4. The van der Waals surface area contributed by atoms with Crippen LogP contribution < -0.4 is 0 Å². The molecular formula is C54H32N4O. The van der Waals surface area contributed by atoms with Gasteiger partial charge in [-0.15, -0.1) is 0 Å². The van der Waals surface area contributed by atoms with Crippen molar-refractivity contribution in [3.63, 3.8) is 0 Å². The van der Waals surface area contributed by atoms with Crippen LogP contribution in [-0.2, 0) is 0 Å². The fourth-order valence-electron chi connectivity index (χ4n) is 9.62. The van der Waals surface area contributed by atoms with E-state index in [1.807, 2.05) is 24.5 Å². The number of hydrogen-bond donors (Lipinski definition) is 0. The maximum absolute atomic E-state index is 6.75. The maximum Gasteiger partial charge on any atom is 0.144 e. The molecule has 0 bridgehead atoms. The van der Waals surface area contributed by atoms with Gasteiger partial charge in [-0.1, -0.05) is 127 Å². The first-order valence-electron chi connectivity index (χ1n) is 20.0. The molecule has 0 aliphatic rings. The molecule has 274 valence electrons. The second-order valence-electron chi connectivity index (χ2n) is 15.4. The molecular weight excluding hydrogens is 721 g/mol. The minimum absolute atomic E-state index is 0.845. The summed E-state index contributed by atoms with van der Waals surface area (Å²) in [6.07, 6.45) is 3.94. The molecule has 0 fully saturated rings. The molecule has 0 unspecified atom stereocenters. The highest BCUT2D eigenvalue weighted by atomic mass is 16.3. The fourth-order valence-corrected chi connectivity index (χ4v) is 9.62. The van der Waals surface area contributed by atoms with Crippen molar-refractivity contribution in [1.82, 2.24) is 19.1 Å². The van der Waals surface area contributed by atoms with E-state index in [9.17, 15) is 0 Å². The third-order valence-corrected chi connectivity index (χ3v) is 12.1. The van der Waals surface area contributed by atoms with E-state index in [0.717, 1.165) is 99.4 Å². The zero-order valence-corrected chi connectivity index (χ0v) is 31.7. The predicted molar refractivity (Wildman–Crippen MR) is 244 cm³/mol. The van der Waals surface area contributed by atoms with Gasteiger partial charge in [-0.3, -0.25) is 4.98 Å². The van der Waals surface area contributed by atoms with Crippen molar-refractivity contribution in [2.24, 2.45) is 0 Å². The molecule has 0 spiro atoms. The molecule has 0 radical (unpaired) electrons. The Morgan fingerprint density at radius 3 is 1.49 bits per heavy atom. The molecule has 8 aromatic carbocycles. The van der Waals surface area contributed by atoms with Gasteiger partial charge in [0.05, 0.1) is 33.3 Å². The van der Waals surface area contributed by atoms with Gasteiger partial charge in [0.2, 0.25) is 0 Å². The minimum Gasteiger partial charge on any atom is -0.455 e. The van der Waals surface area contributed by atoms with Crippen LogP contribution in [0.3, 0.4) is 0 Å². The summed E-state index contributed by atoms with van der Waals surface area (Å²) >= 11 is 0. The van der Waals surface area contributed by atoms with Crippen molar-refractivity contribution in [3.8, 4) is 33.8 Å². The second kappa shape index (κ2) is 12.2. The Morgan fingerprint density at radius 2 is 0.898 bits per heavy atom. The standard InChI is InChI=1S/C54H32N4O/c1-2-14-33(15-3-1)52-43-27-26-42-41-20-8-13-25-50(41)59-54(42)51(43)45-32-55-31-44(53(45)56-52)34-28-35(57-46-21-9-4-16-37(46)38-17-5-10-22-47(38)57)30-36(29-34)58-48-23-11-6-18-39(48)40-19-7-12-24-49(40)58/h1-32H. The van der Waals surface area contributed by atoms with Gasteiger partial charge in [0.1, 0.15) is 11.2 Å². The summed E-state index contributed by atoms with van der Waals surface area (Å²) in [6, 6.07) is 64.9. The number of benzene rings is 8. The van der Waals surface area contributed by atoms with E-state index in [4.69, 9.17) is 14.4 Å². The summed E-state index contributed by atoms with van der Waals surface area (Å²) < 4.78 is 11.6. The lowest BCUT2D eigenvalue weighted by Crippen LogP contribution is -2.01. The molecule has 0 saturated carbocycles. The smallest absolute Gasteiger partial charge is 0.144 e. The highest BCUT2D eigenvalue weighted by Gasteiger charge is 2.22. The topological polar surface area (TPSA) is 48.8 Å². The quantitative estimate of drug-likeness (QED) is 0.168. The maximum atomic E-state index is 6.75. The first-order valence-corrected chi connectivity index (χ1v) is 20.0. The average molecular weight is 753 g/mol. The first-order chi connectivity index (χ1) is 29.3. The van der Waals surface area contributed by atoms with Gasteiger partial charge in [-0.25, -0.2) is 4.98 Å². The predicted octanol–water partition coefficient (Wildman–Crippen LogP) is 14.2. The molecule has 13 rings (SSSR count). The third kappa shape index (κ3) is 4.61. The molecule has 13 aromatic rings. The van der Waals surface area contributed by atoms with Crippen LogP contribution in [-0.4, -0.2) is 19.1 Å². The van der Waals surface area contributed by atoms with E-state index in [1.165, 1.54) is 21.5 Å². The van der Waals surface area contributed by atoms with E-state index in [0.29, 0.717) is 0 Å². The van der Waals surface area contributed by atoms with Crippen molar-refractivity contribution in [2.75, 3.05) is 0 Å². The van der Waals surface area contributed by atoms with Gasteiger partial charge in [0, 0.05) is 83.4 Å². The molecule has 5 heterocycles. The van der Waals surface area contributed by atoms with E-state index in [2.05, 4.69) is 179 Å². The summed E-state index contributed by atoms with van der Waals surface area (Å²) in [4.78, 5) is 10.6. The summed E-state index contributed by atoms with van der Waals surface area (Å²) in [7, 11) is 0. The molecule has 0 saturated heterocycles. The van der Waals surface area contributed by atoms with Crippen molar-refractivity contribution in [2.45, 2.75) is 0 Å². The van der Waals surface area contributed by atoms with E-state index < -0.39 is 0 Å². The van der Waals surface area contributed by atoms with Gasteiger partial charge in [-0.05, 0) is 60.2 Å². The molecule has 59 heavy (non-hydrogen) atoms. The number of fused-ring (bicyclic) bond motifs is 13. The van der Waals surface area contributed by atoms with Gasteiger partial charge in [-0.2, -0.15) is 0 Å². The molecule has 0 amide bonds.